The quantitative estimate of drug-likeness (QED) is 0.768. The Kier molecular flexibility index (Phi) is 3.80. The molecule has 25 heavy (non-hydrogen) atoms. The maximum absolute atomic E-state index is 5.86. The number of nitrogen functional groups attached to an aromatic ring is 1. The third-order valence-corrected chi connectivity index (χ3v) is 4.75. The van der Waals surface area contributed by atoms with Crippen LogP contribution in [0.4, 0.5) is 11.9 Å². The van der Waals surface area contributed by atoms with E-state index in [1.807, 2.05) is 16.8 Å². The lowest BCUT2D eigenvalue weighted by atomic mass is 9.91. The summed E-state index contributed by atoms with van der Waals surface area (Å²) in [5.41, 5.74) is 9.50. The number of methoxy groups -OCH3 is 1. The summed E-state index contributed by atoms with van der Waals surface area (Å²) in [4.78, 5) is 4.36. The Morgan fingerprint density at radius 2 is 2.04 bits per heavy atom. The summed E-state index contributed by atoms with van der Waals surface area (Å²) in [6.45, 7) is 2.12. The van der Waals surface area contributed by atoms with E-state index in [4.69, 9.17) is 10.5 Å². The van der Waals surface area contributed by atoms with E-state index in [0.29, 0.717) is 5.95 Å². The van der Waals surface area contributed by atoms with E-state index in [2.05, 4.69) is 58.7 Å². The molecule has 0 bridgehead atoms. The van der Waals surface area contributed by atoms with Crippen molar-refractivity contribution < 1.29 is 4.74 Å². The molecule has 0 radical (unpaired) electrons. The highest BCUT2D eigenvalue weighted by atomic mass is 16.5. The summed E-state index contributed by atoms with van der Waals surface area (Å²) in [5.74, 6) is 1.83. The van der Waals surface area contributed by atoms with E-state index < -0.39 is 0 Å². The van der Waals surface area contributed by atoms with Gasteiger partial charge in [-0.3, -0.25) is 0 Å². The number of rotatable bonds is 3. The van der Waals surface area contributed by atoms with E-state index in [1.54, 1.807) is 7.11 Å². The van der Waals surface area contributed by atoms with Gasteiger partial charge >= 0.3 is 0 Å². The van der Waals surface area contributed by atoms with E-state index in [0.717, 1.165) is 17.7 Å². The number of benzene rings is 2. The minimum atomic E-state index is 0.0819. The van der Waals surface area contributed by atoms with Crippen LogP contribution in [-0.4, -0.2) is 21.9 Å². The van der Waals surface area contributed by atoms with Crippen molar-refractivity contribution in [2.45, 2.75) is 25.4 Å². The first kappa shape index (κ1) is 15.5. The van der Waals surface area contributed by atoms with Crippen molar-refractivity contribution in [3.05, 3.63) is 65.2 Å². The number of anilines is 2. The summed E-state index contributed by atoms with van der Waals surface area (Å²) in [6.07, 6.45) is 0.855. The number of nitrogens with two attached hydrogens (primary N) is 1. The molecule has 3 N–H and O–H groups in total. The zero-order valence-corrected chi connectivity index (χ0v) is 14.3. The van der Waals surface area contributed by atoms with Gasteiger partial charge in [-0.05, 0) is 42.2 Å². The van der Waals surface area contributed by atoms with Crippen LogP contribution in [0.3, 0.4) is 0 Å². The molecule has 128 valence electrons. The first-order valence-electron chi connectivity index (χ1n) is 8.33. The largest absolute Gasteiger partial charge is 0.497 e. The first-order chi connectivity index (χ1) is 12.2. The second-order valence-corrected chi connectivity index (χ2v) is 6.32. The van der Waals surface area contributed by atoms with Gasteiger partial charge in [-0.15, -0.1) is 5.10 Å². The van der Waals surface area contributed by atoms with Crippen LogP contribution in [0.25, 0.3) is 0 Å². The molecule has 2 atom stereocenters. The lowest BCUT2D eigenvalue weighted by molar-refractivity contribution is 0.410. The Bertz CT molecular complexity index is 904. The van der Waals surface area contributed by atoms with Gasteiger partial charge in [-0.2, -0.15) is 4.98 Å². The fourth-order valence-corrected chi connectivity index (χ4v) is 3.49. The molecule has 0 saturated carbocycles. The van der Waals surface area contributed by atoms with Gasteiger partial charge in [0.25, 0.3) is 0 Å². The lowest BCUT2D eigenvalue weighted by Gasteiger charge is -2.32. The van der Waals surface area contributed by atoms with Gasteiger partial charge < -0.3 is 15.8 Å². The summed E-state index contributed by atoms with van der Waals surface area (Å²) in [7, 11) is 1.68. The fraction of sp³-hybridized carbons (Fsp3) is 0.263. The zero-order chi connectivity index (χ0) is 17.4. The average Bonchev–Trinajstić information content (AvgIpc) is 3.01. The molecule has 0 saturated heterocycles. The number of ether oxygens (including phenoxy) is 1. The summed E-state index contributed by atoms with van der Waals surface area (Å²) < 4.78 is 7.27. The number of fused-ring (bicyclic) bond motifs is 1. The number of hydrogen-bond donors (Lipinski definition) is 2. The highest BCUT2D eigenvalue weighted by Gasteiger charge is 2.31. The molecule has 0 unspecified atom stereocenters. The van der Waals surface area contributed by atoms with Gasteiger partial charge in [-0.1, -0.05) is 36.4 Å². The van der Waals surface area contributed by atoms with E-state index in [-0.39, 0.29) is 18.0 Å². The summed E-state index contributed by atoms with van der Waals surface area (Å²) >= 11 is 0. The predicted molar refractivity (Wildman–Crippen MR) is 97.7 cm³/mol. The smallest absolute Gasteiger partial charge is 0.241 e. The third-order valence-electron chi connectivity index (χ3n) is 4.75. The van der Waals surface area contributed by atoms with Crippen LogP contribution in [0.1, 0.15) is 35.2 Å². The minimum Gasteiger partial charge on any atom is -0.497 e. The van der Waals surface area contributed by atoms with Gasteiger partial charge in [0.15, 0.2) is 0 Å². The number of hydrogen-bond acceptors (Lipinski definition) is 5. The predicted octanol–water partition coefficient (Wildman–Crippen LogP) is 3.32. The summed E-state index contributed by atoms with van der Waals surface area (Å²) in [6, 6.07) is 16.7. The van der Waals surface area contributed by atoms with Crippen molar-refractivity contribution in [2.75, 3.05) is 18.2 Å². The highest BCUT2D eigenvalue weighted by Crippen LogP contribution is 2.39. The Morgan fingerprint density at radius 3 is 2.84 bits per heavy atom. The average molecular weight is 335 g/mol. The third kappa shape index (κ3) is 2.80. The molecule has 0 aliphatic carbocycles. The Labute approximate surface area is 146 Å². The summed E-state index contributed by atoms with van der Waals surface area (Å²) in [5, 5.41) is 7.87. The number of aromatic nitrogens is 3. The minimum absolute atomic E-state index is 0.0819. The van der Waals surface area contributed by atoms with Crippen molar-refractivity contribution in [3.63, 3.8) is 0 Å². The molecular formula is C19H21N5O. The molecule has 4 rings (SSSR count). The monoisotopic (exact) mass is 335 g/mol. The van der Waals surface area contributed by atoms with Crippen molar-refractivity contribution >= 4 is 11.9 Å². The van der Waals surface area contributed by atoms with Crippen molar-refractivity contribution in [3.8, 4) is 5.75 Å². The normalized spacial score (nSPS) is 19.1. The van der Waals surface area contributed by atoms with Crippen molar-refractivity contribution in [2.24, 2.45) is 0 Å². The number of nitrogens with zero attached hydrogens (tertiary/aromatic N) is 3. The van der Waals surface area contributed by atoms with Crippen LogP contribution in [0.15, 0.2) is 48.5 Å². The maximum atomic E-state index is 5.86. The van der Waals surface area contributed by atoms with E-state index >= 15 is 0 Å². The number of nitrogens with one attached hydrogen (secondary N) is 1. The van der Waals surface area contributed by atoms with Crippen molar-refractivity contribution in [1.29, 1.82) is 0 Å². The molecule has 0 fully saturated rings. The van der Waals surface area contributed by atoms with Gasteiger partial charge in [0.05, 0.1) is 19.2 Å². The molecule has 0 spiro atoms. The fourth-order valence-electron chi connectivity index (χ4n) is 3.49. The lowest BCUT2D eigenvalue weighted by Crippen LogP contribution is -2.28. The molecule has 1 aromatic heterocycles. The van der Waals surface area contributed by atoms with Gasteiger partial charge in [0.1, 0.15) is 5.75 Å². The molecule has 6 nitrogen and oxygen atoms in total. The molecule has 2 aromatic carbocycles. The Morgan fingerprint density at radius 1 is 1.20 bits per heavy atom. The topological polar surface area (TPSA) is 78.0 Å². The maximum Gasteiger partial charge on any atom is 0.241 e. The molecule has 1 aliphatic rings. The molecule has 6 heteroatoms. The number of aryl methyl sites for hydroxylation is 1. The standard InChI is InChI=1S/C19H21N5O/c1-12-6-3-4-9-15(12)17-11-16(13-7-5-8-14(10-13)25-2)21-19-22-18(20)23-24(17)19/h3-10,16-17H,11H2,1-2H3,(H3,20,21,22,23)/t16-,17+/m1/s1. The highest BCUT2D eigenvalue weighted by molar-refractivity contribution is 5.44. The Hall–Kier alpha value is -3.02. The van der Waals surface area contributed by atoms with E-state index in [9.17, 15) is 0 Å². The van der Waals surface area contributed by atoms with Crippen molar-refractivity contribution in [1.82, 2.24) is 14.8 Å². The molecule has 3 aromatic rings. The van der Waals surface area contributed by atoms with E-state index in [1.165, 1.54) is 11.1 Å². The van der Waals surface area contributed by atoms with Gasteiger partial charge in [-0.25, -0.2) is 4.68 Å². The molecule has 2 heterocycles. The molecular weight excluding hydrogens is 314 g/mol. The van der Waals surface area contributed by atoms with Crippen LogP contribution < -0.4 is 15.8 Å². The van der Waals surface area contributed by atoms with Crippen LogP contribution in [0.5, 0.6) is 5.75 Å². The first-order valence-corrected chi connectivity index (χ1v) is 8.33. The zero-order valence-electron chi connectivity index (χ0n) is 14.3. The van der Waals surface area contributed by atoms with Crippen LogP contribution in [-0.2, 0) is 0 Å². The Balaban J connectivity index is 1.77. The second-order valence-electron chi connectivity index (χ2n) is 6.32. The van der Waals surface area contributed by atoms with Crippen LogP contribution in [0.2, 0.25) is 0 Å². The van der Waals surface area contributed by atoms with Crippen LogP contribution >= 0.6 is 0 Å². The molecule has 1 aliphatic heterocycles. The SMILES string of the molecule is COc1cccc([C@H]2C[C@@H](c3ccccc3C)n3nc(N)nc3N2)c1. The van der Waals surface area contributed by atoms with Gasteiger partial charge in [0.2, 0.25) is 11.9 Å². The second kappa shape index (κ2) is 6.12. The molecule has 0 amide bonds. The van der Waals surface area contributed by atoms with Crippen LogP contribution in [0, 0.1) is 6.92 Å². The van der Waals surface area contributed by atoms with Gasteiger partial charge in [0, 0.05) is 0 Å².